The SMILES string of the molecule is CC(=O)Nc1ccc(-c2csc(C(F)(F)F)n2)c(S(N)(=O)=O)c1. The Bertz CT molecular complexity index is 860. The van der Waals surface area contributed by atoms with E-state index in [-0.39, 0.29) is 16.9 Å². The lowest BCUT2D eigenvalue weighted by Gasteiger charge is -2.09. The Labute approximate surface area is 133 Å². The van der Waals surface area contributed by atoms with Crippen LogP contribution in [0.2, 0.25) is 0 Å². The van der Waals surface area contributed by atoms with Gasteiger partial charge in [0.15, 0.2) is 5.01 Å². The number of primary sulfonamides is 1. The van der Waals surface area contributed by atoms with E-state index < -0.39 is 32.0 Å². The fraction of sp³-hybridized carbons (Fsp3) is 0.167. The van der Waals surface area contributed by atoms with Crippen molar-refractivity contribution in [3.8, 4) is 11.3 Å². The van der Waals surface area contributed by atoms with Crippen LogP contribution in [-0.4, -0.2) is 19.3 Å². The third-order valence-corrected chi connectivity index (χ3v) is 4.47. The lowest BCUT2D eigenvalue weighted by molar-refractivity contribution is -0.137. The van der Waals surface area contributed by atoms with Crippen LogP contribution in [0.3, 0.4) is 0 Å². The molecule has 0 saturated carbocycles. The Kier molecular flexibility index (Phi) is 4.46. The Balaban J connectivity index is 2.58. The molecule has 23 heavy (non-hydrogen) atoms. The standard InChI is InChI=1S/C12H10F3N3O3S2/c1-6(19)17-7-2-3-8(10(4-7)23(16,20)21)9-5-22-11(18-9)12(13,14)15/h2-5H,1H3,(H,17,19)(H2,16,20,21). The second-order valence-corrected chi connectivity index (χ2v) is 6.86. The molecule has 0 saturated heterocycles. The van der Waals surface area contributed by atoms with E-state index in [9.17, 15) is 26.4 Å². The fourth-order valence-electron chi connectivity index (χ4n) is 1.78. The Hall–Kier alpha value is -1.98. The molecule has 11 heteroatoms. The van der Waals surface area contributed by atoms with Gasteiger partial charge in [0.2, 0.25) is 15.9 Å². The predicted octanol–water partition coefficient (Wildman–Crippen LogP) is 2.43. The molecule has 1 aromatic heterocycles. The van der Waals surface area contributed by atoms with Crippen molar-refractivity contribution in [2.24, 2.45) is 5.14 Å². The van der Waals surface area contributed by atoms with E-state index in [0.29, 0.717) is 11.3 Å². The van der Waals surface area contributed by atoms with E-state index in [0.717, 1.165) is 11.4 Å². The molecule has 124 valence electrons. The van der Waals surface area contributed by atoms with Crippen molar-refractivity contribution in [3.05, 3.63) is 28.6 Å². The molecule has 0 aliphatic heterocycles. The smallest absolute Gasteiger partial charge is 0.326 e. The van der Waals surface area contributed by atoms with Gasteiger partial charge in [0, 0.05) is 23.6 Å². The first-order valence-corrected chi connectivity index (χ1v) is 8.38. The zero-order valence-corrected chi connectivity index (χ0v) is 13.1. The minimum atomic E-state index is -4.62. The Morgan fingerprint density at radius 3 is 2.48 bits per heavy atom. The largest absolute Gasteiger partial charge is 0.443 e. The molecule has 0 bridgehead atoms. The van der Waals surface area contributed by atoms with Crippen LogP contribution in [-0.2, 0) is 21.0 Å². The van der Waals surface area contributed by atoms with Crippen molar-refractivity contribution in [2.45, 2.75) is 18.0 Å². The molecule has 0 unspecified atom stereocenters. The van der Waals surface area contributed by atoms with E-state index in [1.54, 1.807) is 0 Å². The molecule has 0 radical (unpaired) electrons. The predicted molar refractivity (Wildman–Crippen MR) is 78.2 cm³/mol. The highest BCUT2D eigenvalue weighted by Gasteiger charge is 2.35. The first-order chi connectivity index (χ1) is 10.5. The summed E-state index contributed by atoms with van der Waals surface area (Å²) < 4.78 is 61.2. The van der Waals surface area contributed by atoms with E-state index in [1.165, 1.54) is 19.1 Å². The van der Waals surface area contributed by atoms with E-state index in [4.69, 9.17) is 5.14 Å². The fourth-order valence-corrected chi connectivity index (χ4v) is 3.24. The van der Waals surface area contributed by atoms with Crippen LogP contribution < -0.4 is 10.5 Å². The number of carbonyl (C=O) groups is 1. The van der Waals surface area contributed by atoms with Crippen LogP contribution in [0, 0.1) is 0 Å². The third kappa shape index (κ3) is 4.06. The summed E-state index contributed by atoms with van der Waals surface area (Å²) in [5.41, 5.74) is -0.0920. The number of hydrogen-bond donors (Lipinski definition) is 2. The number of nitrogens with one attached hydrogen (secondary N) is 1. The molecule has 0 aliphatic rings. The maximum absolute atomic E-state index is 12.6. The molecule has 1 heterocycles. The molecule has 0 spiro atoms. The summed E-state index contributed by atoms with van der Waals surface area (Å²) in [5.74, 6) is -0.439. The van der Waals surface area contributed by atoms with Crippen LogP contribution in [0.1, 0.15) is 11.9 Å². The van der Waals surface area contributed by atoms with Crippen LogP contribution in [0.5, 0.6) is 0 Å². The number of alkyl halides is 3. The molecule has 2 rings (SSSR count). The van der Waals surface area contributed by atoms with Crippen LogP contribution in [0.15, 0.2) is 28.5 Å². The van der Waals surface area contributed by atoms with Gasteiger partial charge in [0.1, 0.15) is 0 Å². The van der Waals surface area contributed by atoms with E-state index >= 15 is 0 Å². The maximum Gasteiger partial charge on any atom is 0.443 e. The lowest BCUT2D eigenvalue weighted by Crippen LogP contribution is -2.15. The lowest BCUT2D eigenvalue weighted by atomic mass is 10.1. The van der Waals surface area contributed by atoms with Crippen molar-refractivity contribution in [3.63, 3.8) is 0 Å². The van der Waals surface area contributed by atoms with Crippen molar-refractivity contribution in [1.29, 1.82) is 0 Å². The van der Waals surface area contributed by atoms with Gasteiger partial charge in [-0.05, 0) is 18.2 Å². The first kappa shape index (κ1) is 17.4. The van der Waals surface area contributed by atoms with Gasteiger partial charge < -0.3 is 5.32 Å². The second kappa shape index (κ2) is 5.91. The summed E-state index contributed by atoms with van der Waals surface area (Å²) in [5, 5.41) is 7.46. The molecular formula is C12H10F3N3O3S2. The zero-order valence-electron chi connectivity index (χ0n) is 11.5. The summed E-state index contributed by atoms with van der Waals surface area (Å²) in [6.07, 6.45) is -4.62. The van der Waals surface area contributed by atoms with Crippen molar-refractivity contribution >= 4 is 33.0 Å². The van der Waals surface area contributed by atoms with Gasteiger partial charge >= 0.3 is 6.18 Å². The number of amides is 1. The van der Waals surface area contributed by atoms with Crippen LogP contribution in [0.25, 0.3) is 11.3 Å². The van der Waals surface area contributed by atoms with Gasteiger partial charge in [-0.15, -0.1) is 11.3 Å². The number of aromatic nitrogens is 1. The first-order valence-electron chi connectivity index (χ1n) is 5.96. The van der Waals surface area contributed by atoms with Gasteiger partial charge in [-0.2, -0.15) is 13.2 Å². The number of sulfonamides is 1. The molecule has 0 atom stereocenters. The number of rotatable bonds is 3. The number of thiazole rings is 1. The molecule has 1 amide bonds. The summed E-state index contributed by atoms with van der Waals surface area (Å²) in [6, 6.07) is 3.65. The average molecular weight is 365 g/mol. The summed E-state index contributed by atoms with van der Waals surface area (Å²) in [6.45, 7) is 1.22. The van der Waals surface area contributed by atoms with E-state index in [1.807, 2.05) is 0 Å². The molecule has 1 aromatic carbocycles. The quantitative estimate of drug-likeness (QED) is 0.872. The molecule has 0 aliphatic carbocycles. The Morgan fingerprint density at radius 2 is 2.00 bits per heavy atom. The average Bonchev–Trinajstić information content (AvgIpc) is 2.86. The summed E-state index contributed by atoms with van der Waals surface area (Å²) in [4.78, 5) is 14.0. The van der Waals surface area contributed by atoms with Gasteiger partial charge in [0.25, 0.3) is 0 Å². The number of carbonyl (C=O) groups excluding carboxylic acids is 1. The van der Waals surface area contributed by atoms with Gasteiger partial charge in [-0.25, -0.2) is 18.5 Å². The second-order valence-electron chi connectivity index (χ2n) is 4.47. The zero-order chi connectivity index (χ0) is 17.4. The number of anilines is 1. The highest BCUT2D eigenvalue weighted by molar-refractivity contribution is 7.89. The van der Waals surface area contributed by atoms with Crippen LogP contribution in [0.4, 0.5) is 18.9 Å². The summed E-state index contributed by atoms with van der Waals surface area (Å²) in [7, 11) is -4.23. The van der Waals surface area contributed by atoms with E-state index in [2.05, 4.69) is 10.3 Å². The number of nitrogens with two attached hydrogens (primary N) is 1. The van der Waals surface area contributed by atoms with Gasteiger partial charge in [0.05, 0.1) is 10.6 Å². The van der Waals surface area contributed by atoms with Crippen molar-refractivity contribution in [2.75, 3.05) is 5.32 Å². The van der Waals surface area contributed by atoms with Crippen molar-refractivity contribution < 1.29 is 26.4 Å². The molecule has 6 nitrogen and oxygen atoms in total. The number of nitrogens with zero attached hydrogens (tertiary/aromatic N) is 1. The number of benzene rings is 1. The molecule has 2 aromatic rings. The van der Waals surface area contributed by atoms with Gasteiger partial charge in [-0.3, -0.25) is 4.79 Å². The highest BCUT2D eigenvalue weighted by Crippen LogP contribution is 2.36. The topological polar surface area (TPSA) is 102 Å². The van der Waals surface area contributed by atoms with Gasteiger partial charge in [-0.1, -0.05) is 0 Å². The molecular weight excluding hydrogens is 355 g/mol. The third-order valence-electron chi connectivity index (χ3n) is 2.63. The highest BCUT2D eigenvalue weighted by atomic mass is 32.2. The molecule has 0 fully saturated rings. The van der Waals surface area contributed by atoms with Crippen molar-refractivity contribution in [1.82, 2.24) is 4.98 Å². The minimum Gasteiger partial charge on any atom is -0.326 e. The minimum absolute atomic E-state index is 0.0756. The number of halogens is 3. The maximum atomic E-state index is 12.6. The normalized spacial score (nSPS) is 12.2. The number of hydrogen-bond acceptors (Lipinski definition) is 5. The summed E-state index contributed by atoms with van der Waals surface area (Å²) >= 11 is 0.344. The monoisotopic (exact) mass is 365 g/mol. The Morgan fingerprint density at radius 1 is 1.35 bits per heavy atom. The van der Waals surface area contributed by atoms with Crippen LogP contribution >= 0.6 is 11.3 Å². The molecule has 3 N–H and O–H groups in total.